The van der Waals surface area contributed by atoms with Crippen LogP contribution in [-0.4, -0.2) is 26.1 Å². The summed E-state index contributed by atoms with van der Waals surface area (Å²) in [5.74, 6) is -0.237. The number of nitrogens with one attached hydrogen (secondary N) is 2. The molecule has 4 aromatic rings. The first-order valence-electron chi connectivity index (χ1n) is 9.94. The lowest BCUT2D eigenvalue weighted by Gasteiger charge is -2.16. The Morgan fingerprint density at radius 3 is 2.55 bits per heavy atom. The van der Waals surface area contributed by atoms with E-state index in [0.717, 1.165) is 11.1 Å². The number of aromatic nitrogens is 2. The van der Waals surface area contributed by atoms with Crippen molar-refractivity contribution in [2.75, 3.05) is 4.72 Å². The lowest BCUT2D eigenvalue weighted by atomic mass is 10.1. The van der Waals surface area contributed by atoms with Crippen LogP contribution in [0.25, 0.3) is 10.9 Å². The fourth-order valence-corrected chi connectivity index (χ4v) is 4.37. The third-order valence-corrected chi connectivity index (χ3v) is 5.92. The highest BCUT2D eigenvalue weighted by atomic mass is 32.2. The van der Waals surface area contributed by atoms with Gasteiger partial charge in [0.05, 0.1) is 21.7 Å². The molecule has 2 atom stereocenters. The van der Waals surface area contributed by atoms with Crippen LogP contribution < -0.4 is 10.0 Å². The minimum atomic E-state index is -1.58. The number of nitrogens with zero attached hydrogens (tertiary/aromatic N) is 2. The highest BCUT2D eigenvalue weighted by Crippen LogP contribution is 2.23. The van der Waals surface area contributed by atoms with Gasteiger partial charge in [-0.25, -0.2) is 4.21 Å². The Morgan fingerprint density at radius 1 is 0.935 bits per heavy atom. The Hall–Kier alpha value is -3.58. The van der Waals surface area contributed by atoms with Crippen LogP contribution >= 0.6 is 0 Å². The molecule has 0 fully saturated rings. The molecule has 2 aromatic heterocycles. The molecule has 0 aliphatic carbocycles. The van der Waals surface area contributed by atoms with Crippen molar-refractivity contribution in [3.63, 3.8) is 0 Å². The van der Waals surface area contributed by atoms with E-state index >= 15 is 0 Å². The van der Waals surface area contributed by atoms with Crippen molar-refractivity contribution in [3.05, 3.63) is 96.4 Å². The number of pyridine rings is 2. The van der Waals surface area contributed by atoms with Gasteiger partial charge >= 0.3 is 0 Å². The van der Waals surface area contributed by atoms with Gasteiger partial charge in [0.1, 0.15) is 0 Å². The van der Waals surface area contributed by atoms with E-state index in [2.05, 4.69) is 20.0 Å². The van der Waals surface area contributed by atoms with E-state index in [1.54, 1.807) is 42.7 Å². The number of carbonyl (C=O) groups is 1. The minimum Gasteiger partial charge on any atom is -0.349 e. The monoisotopic (exact) mass is 430 g/mol. The number of anilines is 1. The summed E-state index contributed by atoms with van der Waals surface area (Å²) in [6.45, 7) is 1.93. The van der Waals surface area contributed by atoms with Crippen LogP contribution in [0.4, 0.5) is 5.69 Å². The molecule has 31 heavy (non-hydrogen) atoms. The highest BCUT2D eigenvalue weighted by molar-refractivity contribution is 7.86. The highest BCUT2D eigenvalue weighted by Gasteiger charge is 2.17. The van der Waals surface area contributed by atoms with Crippen molar-refractivity contribution in [3.8, 4) is 0 Å². The van der Waals surface area contributed by atoms with E-state index in [1.807, 2.05) is 49.4 Å². The molecule has 0 aliphatic rings. The lowest BCUT2D eigenvalue weighted by Crippen LogP contribution is -2.34. The van der Waals surface area contributed by atoms with E-state index in [0.29, 0.717) is 28.1 Å². The number of benzene rings is 2. The van der Waals surface area contributed by atoms with Crippen molar-refractivity contribution in [2.45, 2.75) is 24.3 Å². The molecular weight excluding hydrogens is 408 g/mol. The van der Waals surface area contributed by atoms with Crippen LogP contribution in [0.5, 0.6) is 0 Å². The average molecular weight is 431 g/mol. The molecule has 2 unspecified atom stereocenters. The standard InChI is InChI=1S/C24H22N4O2S/c1-17(16-19-10-4-5-14-25-19)27-24(29)20-11-2-3-12-21(20)28-31(30)22-13-6-8-18-9-7-15-26-23(18)22/h2-15,17,28H,16H2,1H3,(H,27,29). The van der Waals surface area contributed by atoms with E-state index in [1.165, 1.54) is 0 Å². The second-order valence-electron chi connectivity index (χ2n) is 7.15. The van der Waals surface area contributed by atoms with Crippen molar-refractivity contribution in [1.82, 2.24) is 15.3 Å². The summed E-state index contributed by atoms with van der Waals surface area (Å²) in [5, 5.41) is 3.90. The van der Waals surface area contributed by atoms with Gasteiger partial charge in [-0.05, 0) is 43.3 Å². The maximum absolute atomic E-state index is 13.1. The van der Waals surface area contributed by atoms with Crippen LogP contribution in [0.2, 0.25) is 0 Å². The Morgan fingerprint density at radius 2 is 1.71 bits per heavy atom. The minimum absolute atomic E-state index is 0.108. The number of para-hydroxylation sites is 2. The summed E-state index contributed by atoms with van der Waals surface area (Å²) in [6.07, 6.45) is 4.03. The largest absolute Gasteiger partial charge is 0.349 e. The van der Waals surface area contributed by atoms with Gasteiger partial charge < -0.3 is 10.0 Å². The third kappa shape index (κ3) is 4.95. The SMILES string of the molecule is CC(Cc1ccccn1)NC(=O)c1ccccc1NS(=O)c1cccc2cccnc12. The number of fused-ring (bicyclic) bond motifs is 1. The topological polar surface area (TPSA) is 84.0 Å². The van der Waals surface area contributed by atoms with E-state index < -0.39 is 11.0 Å². The molecule has 6 nitrogen and oxygen atoms in total. The first kappa shape index (κ1) is 20.7. The average Bonchev–Trinajstić information content (AvgIpc) is 2.79. The molecule has 0 aliphatic heterocycles. The van der Waals surface area contributed by atoms with Crippen molar-refractivity contribution < 1.29 is 9.00 Å². The summed E-state index contributed by atoms with van der Waals surface area (Å²) in [4.78, 5) is 22.1. The second-order valence-corrected chi connectivity index (χ2v) is 8.33. The molecule has 156 valence electrons. The van der Waals surface area contributed by atoms with Gasteiger partial charge in [-0.1, -0.05) is 36.4 Å². The first-order valence-corrected chi connectivity index (χ1v) is 11.1. The molecule has 7 heteroatoms. The predicted molar refractivity (Wildman–Crippen MR) is 123 cm³/mol. The van der Waals surface area contributed by atoms with Crippen molar-refractivity contribution in [1.29, 1.82) is 0 Å². The fourth-order valence-electron chi connectivity index (χ4n) is 3.34. The summed E-state index contributed by atoms with van der Waals surface area (Å²) < 4.78 is 16.1. The number of carbonyl (C=O) groups excluding carboxylic acids is 1. The predicted octanol–water partition coefficient (Wildman–Crippen LogP) is 4.13. The molecular formula is C24H22N4O2S. The normalized spacial score (nSPS) is 12.8. The maximum atomic E-state index is 13.1. The van der Waals surface area contributed by atoms with Crippen LogP contribution in [0.3, 0.4) is 0 Å². The number of rotatable bonds is 7. The molecule has 0 saturated heterocycles. The summed E-state index contributed by atoms with van der Waals surface area (Å²) in [6, 6.07) is 22.0. The molecule has 0 saturated carbocycles. The number of hydrogen-bond donors (Lipinski definition) is 2. The van der Waals surface area contributed by atoms with Gasteiger partial charge in [-0.3, -0.25) is 14.8 Å². The van der Waals surface area contributed by atoms with Gasteiger partial charge in [-0.15, -0.1) is 0 Å². The van der Waals surface area contributed by atoms with Crippen LogP contribution in [-0.2, 0) is 17.4 Å². The summed E-state index contributed by atoms with van der Waals surface area (Å²) >= 11 is 0. The summed E-state index contributed by atoms with van der Waals surface area (Å²) in [7, 11) is -1.58. The molecule has 1 amide bonds. The smallest absolute Gasteiger partial charge is 0.253 e. The molecule has 0 bridgehead atoms. The molecule has 0 spiro atoms. The van der Waals surface area contributed by atoms with E-state index in [4.69, 9.17) is 0 Å². The zero-order valence-electron chi connectivity index (χ0n) is 17.0. The van der Waals surface area contributed by atoms with Gasteiger partial charge in [0.2, 0.25) is 0 Å². The molecule has 2 aromatic carbocycles. The van der Waals surface area contributed by atoms with E-state index in [-0.39, 0.29) is 11.9 Å². The number of amides is 1. The molecule has 0 radical (unpaired) electrons. The van der Waals surface area contributed by atoms with Crippen molar-refractivity contribution in [2.24, 2.45) is 0 Å². The zero-order valence-corrected chi connectivity index (χ0v) is 17.8. The fraction of sp³-hybridized carbons (Fsp3) is 0.125. The Balaban J connectivity index is 1.51. The Kier molecular flexibility index (Phi) is 6.33. The van der Waals surface area contributed by atoms with Gasteiger partial charge in [0.15, 0.2) is 11.0 Å². The number of hydrogen-bond acceptors (Lipinski definition) is 4. The quantitative estimate of drug-likeness (QED) is 0.462. The van der Waals surface area contributed by atoms with Crippen LogP contribution in [0.1, 0.15) is 23.0 Å². The van der Waals surface area contributed by atoms with Gasteiger partial charge in [0.25, 0.3) is 5.91 Å². The maximum Gasteiger partial charge on any atom is 0.253 e. The van der Waals surface area contributed by atoms with Gasteiger partial charge in [0, 0.05) is 35.9 Å². The Labute approximate surface area is 183 Å². The molecule has 4 rings (SSSR count). The molecule has 2 N–H and O–H groups in total. The molecule has 2 heterocycles. The first-order chi connectivity index (χ1) is 15.1. The van der Waals surface area contributed by atoms with E-state index in [9.17, 15) is 9.00 Å². The second kappa shape index (κ2) is 9.49. The summed E-state index contributed by atoms with van der Waals surface area (Å²) in [5.41, 5.74) is 2.50. The van der Waals surface area contributed by atoms with Crippen LogP contribution in [0, 0.1) is 0 Å². The van der Waals surface area contributed by atoms with Crippen molar-refractivity contribution >= 4 is 33.5 Å². The lowest BCUT2D eigenvalue weighted by molar-refractivity contribution is 0.0941. The van der Waals surface area contributed by atoms with Crippen LogP contribution in [0.15, 0.2) is 90.1 Å². The van der Waals surface area contributed by atoms with Gasteiger partial charge in [-0.2, -0.15) is 0 Å². The Bertz CT molecular complexity index is 1230. The zero-order chi connectivity index (χ0) is 21.6. The third-order valence-electron chi connectivity index (χ3n) is 4.79.